The second kappa shape index (κ2) is 5.46. The Morgan fingerprint density at radius 2 is 2.00 bits per heavy atom. The molecule has 1 N–H and O–H groups in total. The normalized spacial score (nSPS) is 27.9. The zero-order valence-electron chi connectivity index (χ0n) is 11.8. The van der Waals surface area contributed by atoms with Crippen LogP contribution in [0.3, 0.4) is 0 Å². The minimum absolute atomic E-state index is 0.671. The standard InChI is InChI=1S/C17H24ClN/c1-2-7-17(8-9-17)12-19-14-10-13(11-14)15-5-3-4-6-16(15)18/h3-6,13-14,19H,2,7-12H2,1H3. The summed E-state index contributed by atoms with van der Waals surface area (Å²) >= 11 is 6.26. The van der Waals surface area contributed by atoms with E-state index in [-0.39, 0.29) is 0 Å². The Kier molecular flexibility index (Phi) is 3.86. The van der Waals surface area contributed by atoms with Crippen LogP contribution in [0.15, 0.2) is 24.3 Å². The maximum atomic E-state index is 6.26. The summed E-state index contributed by atoms with van der Waals surface area (Å²) in [5.41, 5.74) is 2.02. The molecule has 1 aromatic rings. The van der Waals surface area contributed by atoms with Crippen molar-refractivity contribution < 1.29 is 0 Å². The van der Waals surface area contributed by atoms with Crippen molar-refractivity contribution in [2.45, 2.75) is 57.4 Å². The van der Waals surface area contributed by atoms with Crippen molar-refractivity contribution in [1.82, 2.24) is 5.32 Å². The third kappa shape index (κ3) is 2.98. The molecular formula is C17H24ClN. The molecule has 0 bridgehead atoms. The van der Waals surface area contributed by atoms with Gasteiger partial charge in [-0.3, -0.25) is 0 Å². The Bertz CT molecular complexity index is 433. The van der Waals surface area contributed by atoms with Crippen LogP contribution < -0.4 is 5.32 Å². The molecule has 1 nitrogen and oxygen atoms in total. The zero-order chi connectivity index (χ0) is 13.3. The van der Waals surface area contributed by atoms with Crippen LogP contribution in [0.5, 0.6) is 0 Å². The summed E-state index contributed by atoms with van der Waals surface area (Å²) in [5.74, 6) is 0.674. The molecule has 3 rings (SSSR count). The van der Waals surface area contributed by atoms with Gasteiger partial charge >= 0.3 is 0 Å². The SMILES string of the molecule is CCCC1(CNC2CC(c3ccccc3Cl)C2)CC1. The average molecular weight is 278 g/mol. The highest BCUT2D eigenvalue weighted by Crippen LogP contribution is 2.49. The van der Waals surface area contributed by atoms with Gasteiger partial charge in [-0.15, -0.1) is 0 Å². The Labute approximate surface area is 121 Å². The van der Waals surface area contributed by atoms with Gasteiger partial charge in [-0.2, -0.15) is 0 Å². The number of nitrogens with one attached hydrogen (secondary N) is 1. The molecular weight excluding hydrogens is 254 g/mol. The van der Waals surface area contributed by atoms with Gasteiger partial charge in [0.15, 0.2) is 0 Å². The summed E-state index contributed by atoms with van der Waals surface area (Å²) < 4.78 is 0. The predicted octanol–water partition coefficient (Wildman–Crippen LogP) is 4.76. The lowest BCUT2D eigenvalue weighted by Gasteiger charge is -2.37. The molecule has 2 heteroatoms. The molecule has 19 heavy (non-hydrogen) atoms. The summed E-state index contributed by atoms with van der Waals surface area (Å²) in [4.78, 5) is 0. The molecule has 1 aromatic carbocycles. The number of hydrogen-bond acceptors (Lipinski definition) is 1. The van der Waals surface area contributed by atoms with Crippen molar-refractivity contribution >= 4 is 11.6 Å². The fourth-order valence-electron chi connectivity index (χ4n) is 3.43. The summed E-state index contributed by atoms with van der Waals surface area (Å²) in [6, 6.07) is 9.03. The van der Waals surface area contributed by atoms with E-state index in [9.17, 15) is 0 Å². The lowest BCUT2D eigenvalue weighted by molar-refractivity contribution is 0.266. The van der Waals surface area contributed by atoms with E-state index in [0.717, 1.165) is 11.1 Å². The Balaban J connectivity index is 1.45. The summed E-state index contributed by atoms with van der Waals surface area (Å²) in [5, 5.41) is 4.72. The van der Waals surface area contributed by atoms with E-state index in [0.29, 0.717) is 11.3 Å². The van der Waals surface area contributed by atoms with Crippen LogP contribution in [0.1, 0.15) is 56.9 Å². The van der Waals surface area contributed by atoms with Gasteiger partial charge in [0.1, 0.15) is 0 Å². The van der Waals surface area contributed by atoms with Crippen LogP contribution in [0.2, 0.25) is 5.02 Å². The van der Waals surface area contributed by atoms with E-state index >= 15 is 0 Å². The van der Waals surface area contributed by atoms with Crippen LogP contribution in [0, 0.1) is 5.41 Å². The molecule has 104 valence electrons. The first-order valence-corrected chi connectivity index (χ1v) is 8.08. The first kappa shape index (κ1) is 13.5. The number of halogens is 1. The smallest absolute Gasteiger partial charge is 0.0440 e. The Morgan fingerprint density at radius 3 is 2.63 bits per heavy atom. The zero-order valence-corrected chi connectivity index (χ0v) is 12.5. The lowest BCUT2D eigenvalue weighted by atomic mass is 9.75. The molecule has 0 spiro atoms. The third-order valence-electron chi connectivity index (χ3n) is 4.99. The molecule has 2 saturated carbocycles. The van der Waals surface area contributed by atoms with E-state index in [1.807, 2.05) is 12.1 Å². The molecule has 0 heterocycles. The van der Waals surface area contributed by atoms with E-state index in [1.165, 1.54) is 50.6 Å². The second-order valence-electron chi connectivity index (χ2n) is 6.52. The molecule has 0 amide bonds. The van der Waals surface area contributed by atoms with Crippen molar-refractivity contribution in [3.63, 3.8) is 0 Å². The van der Waals surface area contributed by atoms with E-state index in [2.05, 4.69) is 24.4 Å². The summed E-state index contributed by atoms with van der Waals surface area (Å²) in [6.45, 7) is 3.54. The van der Waals surface area contributed by atoms with Crippen molar-refractivity contribution in [2.24, 2.45) is 5.41 Å². The number of rotatable bonds is 6. The highest BCUT2D eigenvalue weighted by atomic mass is 35.5. The monoisotopic (exact) mass is 277 g/mol. The van der Waals surface area contributed by atoms with Gasteiger partial charge in [0.25, 0.3) is 0 Å². The Hall–Kier alpha value is -0.530. The van der Waals surface area contributed by atoms with E-state index < -0.39 is 0 Å². The van der Waals surface area contributed by atoms with Gasteiger partial charge in [-0.1, -0.05) is 43.1 Å². The molecule has 0 saturated heterocycles. The van der Waals surface area contributed by atoms with Crippen LogP contribution in [-0.4, -0.2) is 12.6 Å². The highest BCUT2D eigenvalue weighted by Gasteiger charge is 2.42. The first-order valence-electron chi connectivity index (χ1n) is 7.70. The number of benzene rings is 1. The van der Waals surface area contributed by atoms with E-state index in [4.69, 9.17) is 11.6 Å². The minimum Gasteiger partial charge on any atom is -0.313 e. The molecule has 0 unspecified atom stereocenters. The quantitative estimate of drug-likeness (QED) is 0.791. The molecule has 0 radical (unpaired) electrons. The van der Waals surface area contributed by atoms with Crippen LogP contribution in [0.25, 0.3) is 0 Å². The second-order valence-corrected chi connectivity index (χ2v) is 6.92. The maximum Gasteiger partial charge on any atom is 0.0440 e. The molecule has 0 atom stereocenters. The van der Waals surface area contributed by atoms with Gasteiger partial charge < -0.3 is 5.32 Å². The fourth-order valence-corrected chi connectivity index (χ4v) is 3.72. The average Bonchev–Trinajstić information content (AvgIpc) is 3.10. The fraction of sp³-hybridized carbons (Fsp3) is 0.647. The van der Waals surface area contributed by atoms with Crippen molar-refractivity contribution in [3.05, 3.63) is 34.9 Å². The topological polar surface area (TPSA) is 12.0 Å². The van der Waals surface area contributed by atoms with Gasteiger partial charge in [0.05, 0.1) is 0 Å². The molecule has 2 aliphatic carbocycles. The predicted molar refractivity (Wildman–Crippen MR) is 81.8 cm³/mol. The van der Waals surface area contributed by atoms with Gasteiger partial charge in [-0.05, 0) is 55.1 Å². The van der Waals surface area contributed by atoms with Crippen molar-refractivity contribution in [1.29, 1.82) is 0 Å². The third-order valence-corrected chi connectivity index (χ3v) is 5.33. The largest absolute Gasteiger partial charge is 0.313 e. The Morgan fingerprint density at radius 1 is 1.26 bits per heavy atom. The van der Waals surface area contributed by atoms with Crippen LogP contribution >= 0.6 is 11.6 Å². The summed E-state index contributed by atoms with van der Waals surface area (Å²) in [7, 11) is 0. The minimum atomic E-state index is 0.671. The molecule has 2 aliphatic rings. The van der Waals surface area contributed by atoms with Crippen molar-refractivity contribution in [3.8, 4) is 0 Å². The van der Waals surface area contributed by atoms with Gasteiger partial charge in [0, 0.05) is 17.6 Å². The van der Waals surface area contributed by atoms with Crippen LogP contribution in [0.4, 0.5) is 0 Å². The molecule has 0 aromatic heterocycles. The molecule has 2 fully saturated rings. The lowest BCUT2D eigenvalue weighted by Crippen LogP contribution is -2.42. The van der Waals surface area contributed by atoms with Gasteiger partial charge in [0.2, 0.25) is 0 Å². The van der Waals surface area contributed by atoms with Crippen molar-refractivity contribution in [2.75, 3.05) is 6.54 Å². The van der Waals surface area contributed by atoms with E-state index in [1.54, 1.807) is 0 Å². The van der Waals surface area contributed by atoms with Gasteiger partial charge in [-0.25, -0.2) is 0 Å². The van der Waals surface area contributed by atoms with Crippen LogP contribution in [-0.2, 0) is 0 Å². The number of hydrogen-bond donors (Lipinski definition) is 1. The highest BCUT2D eigenvalue weighted by molar-refractivity contribution is 6.31. The summed E-state index contributed by atoms with van der Waals surface area (Å²) in [6.07, 6.45) is 8.12. The maximum absolute atomic E-state index is 6.26. The molecule has 0 aliphatic heterocycles. The first-order chi connectivity index (χ1) is 9.22.